The predicted octanol–water partition coefficient (Wildman–Crippen LogP) is 2.39. The van der Waals surface area contributed by atoms with Crippen molar-refractivity contribution in [1.82, 2.24) is 15.0 Å². The third kappa shape index (κ3) is 3.14. The Labute approximate surface area is 124 Å². The third-order valence-corrected chi connectivity index (χ3v) is 3.89. The van der Waals surface area contributed by atoms with E-state index in [0.29, 0.717) is 31.3 Å². The van der Waals surface area contributed by atoms with E-state index in [-0.39, 0.29) is 0 Å². The molecule has 0 saturated carbocycles. The topological polar surface area (TPSA) is 62.4 Å². The standard InChI is InChI=1S/C16H21N3O2/c1-3-8-16(20)10-19(11-16)9-14-17-15(18-21-14)13-6-4-12(2)5-7-13/h4-7,20H,3,8-11H2,1-2H3. The molecule has 3 rings (SSSR count). The first-order valence-electron chi connectivity index (χ1n) is 7.42. The number of nitrogens with zero attached hydrogens (tertiary/aromatic N) is 3. The second kappa shape index (κ2) is 5.58. The molecular weight excluding hydrogens is 266 g/mol. The SMILES string of the molecule is CCCC1(O)CN(Cc2nc(-c3ccc(C)cc3)no2)C1. The molecule has 5 heteroatoms. The van der Waals surface area contributed by atoms with Gasteiger partial charge in [-0.1, -0.05) is 48.3 Å². The summed E-state index contributed by atoms with van der Waals surface area (Å²) in [5.41, 5.74) is 1.65. The van der Waals surface area contributed by atoms with Gasteiger partial charge in [-0.15, -0.1) is 0 Å². The summed E-state index contributed by atoms with van der Waals surface area (Å²) in [7, 11) is 0. The first-order chi connectivity index (χ1) is 10.1. The zero-order valence-electron chi connectivity index (χ0n) is 12.5. The van der Waals surface area contributed by atoms with Crippen LogP contribution in [0, 0.1) is 6.92 Å². The minimum atomic E-state index is -0.519. The smallest absolute Gasteiger partial charge is 0.241 e. The summed E-state index contributed by atoms with van der Waals surface area (Å²) in [6.07, 6.45) is 1.85. The highest BCUT2D eigenvalue weighted by Gasteiger charge is 2.40. The summed E-state index contributed by atoms with van der Waals surface area (Å²) in [4.78, 5) is 6.55. The second-order valence-electron chi connectivity index (χ2n) is 6.00. The molecule has 1 aliphatic heterocycles. The molecule has 1 aromatic carbocycles. The molecule has 2 heterocycles. The molecule has 112 valence electrons. The lowest BCUT2D eigenvalue weighted by atomic mass is 9.89. The van der Waals surface area contributed by atoms with Crippen LogP contribution in [0.5, 0.6) is 0 Å². The van der Waals surface area contributed by atoms with Crippen LogP contribution in [-0.2, 0) is 6.54 Å². The van der Waals surface area contributed by atoms with Crippen molar-refractivity contribution in [2.75, 3.05) is 13.1 Å². The van der Waals surface area contributed by atoms with E-state index >= 15 is 0 Å². The van der Waals surface area contributed by atoms with Crippen molar-refractivity contribution >= 4 is 0 Å². The fourth-order valence-corrected chi connectivity index (χ4v) is 2.85. The van der Waals surface area contributed by atoms with E-state index in [2.05, 4.69) is 22.0 Å². The molecule has 1 aliphatic rings. The fourth-order valence-electron chi connectivity index (χ4n) is 2.85. The van der Waals surface area contributed by atoms with Gasteiger partial charge in [0.05, 0.1) is 12.1 Å². The summed E-state index contributed by atoms with van der Waals surface area (Å²) in [6, 6.07) is 8.05. The molecule has 0 amide bonds. The number of benzene rings is 1. The van der Waals surface area contributed by atoms with E-state index in [0.717, 1.165) is 18.4 Å². The zero-order valence-corrected chi connectivity index (χ0v) is 12.5. The Hall–Kier alpha value is -1.72. The maximum atomic E-state index is 10.2. The van der Waals surface area contributed by atoms with Crippen LogP contribution in [0.25, 0.3) is 11.4 Å². The van der Waals surface area contributed by atoms with Gasteiger partial charge < -0.3 is 9.63 Å². The Balaban J connectivity index is 1.60. The van der Waals surface area contributed by atoms with Crippen LogP contribution >= 0.6 is 0 Å². The molecule has 0 spiro atoms. The van der Waals surface area contributed by atoms with E-state index in [1.54, 1.807) is 0 Å². The van der Waals surface area contributed by atoms with E-state index in [1.165, 1.54) is 5.56 Å². The van der Waals surface area contributed by atoms with Crippen molar-refractivity contribution < 1.29 is 9.63 Å². The molecule has 0 unspecified atom stereocenters. The first-order valence-corrected chi connectivity index (χ1v) is 7.42. The Morgan fingerprint density at radius 2 is 2.00 bits per heavy atom. The minimum absolute atomic E-state index is 0.519. The maximum Gasteiger partial charge on any atom is 0.241 e. The molecule has 0 atom stereocenters. The lowest BCUT2D eigenvalue weighted by molar-refractivity contribution is -0.109. The summed E-state index contributed by atoms with van der Waals surface area (Å²) in [5, 5.41) is 14.2. The molecule has 1 N–H and O–H groups in total. The number of aliphatic hydroxyl groups is 1. The predicted molar refractivity (Wildman–Crippen MR) is 79.6 cm³/mol. The number of aromatic nitrogens is 2. The van der Waals surface area contributed by atoms with Gasteiger partial charge in [0.1, 0.15) is 0 Å². The molecule has 1 aromatic heterocycles. The van der Waals surface area contributed by atoms with Gasteiger partial charge in [-0.2, -0.15) is 4.98 Å². The maximum absolute atomic E-state index is 10.2. The average Bonchev–Trinajstić information content (AvgIpc) is 2.87. The van der Waals surface area contributed by atoms with E-state index in [9.17, 15) is 5.11 Å². The average molecular weight is 287 g/mol. The lowest BCUT2D eigenvalue weighted by Gasteiger charge is -2.46. The molecule has 0 bridgehead atoms. The Morgan fingerprint density at radius 3 is 2.67 bits per heavy atom. The summed E-state index contributed by atoms with van der Waals surface area (Å²) < 4.78 is 5.30. The molecule has 1 fully saturated rings. The van der Waals surface area contributed by atoms with Crippen LogP contribution in [0.2, 0.25) is 0 Å². The highest BCUT2D eigenvalue weighted by molar-refractivity contribution is 5.54. The van der Waals surface area contributed by atoms with Crippen LogP contribution in [0.4, 0.5) is 0 Å². The number of hydrogen-bond donors (Lipinski definition) is 1. The quantitative estimate of drug-likeness (QED) is 0.915. The Kier molecular flexibility index (Phi) is 3.78. The highest BCUT2D eigenvalue weighted by atomic mass is 16.5. The van der Waals surface area contributed by atoms with Gasteiger partial charge >= 0.3 is 0 Å². The normalized spacial score (nSPS) is 17.7. The fraction of sp³-hybridized carbons (Fsp3) is 0.500. The van der Waals surface area contributed by atoms with Crippen LogP contribution in [0.1, 0.15) is 31.2 Å². The van der Waals surface area contributed by atoms with E-state index in [1.807, 2.05) is 31.2 Å². The monoisotopic (exact) mass is 287 g/mol. The van der Waals surface area contributed by atoms with Crippen molar-refractivity contribution in [3.05, 3.63) is 35.7 Å². The number of β-amino-alcohol motifs (C(OH)–C–C–N with tert-alkyl or cyclic N) is 1. The highest BCUT2D eigenvalue weighted by Crippen LogP contribution is 2.27. The van der Waals surface area contributed by atoms with E-state index in [4.69, 9.17) is 4.52 Å². The Bertz CT molecular complexity index is 600. The zero-order chi connectivity index (χ0) is 14.9. The first kappa shape index (κ1) is 14.2. The van der Waals surface area contributed by atoms with Crippen LogP contribution in [0.15, 0.2) is 28.8 Å². The lowest BCUT2D eigenvalue weighted by Crippen LogP contribution is -2.60. The summed E-state index contributed by atoms with van der Waals surface area (Å²) in [5.74, 6) is 1.22. The van der Waals surface area contributed by atoms with Gasteiger partial charge in [0.2, 0.25) is 11.7 Å². The van der Waals surface area contributed by atoms with Crippen LogP contribution < -0.4 is 0 Å². The Morgan fingerprint density at radius 1 is 1.29 bits per heavy atom. The second-order valence-corrected chi connectivity index (χ2v) is 6.00. The van der Waals surface area contributed by atoms with Crippen molar-refractivity contribution in [3.63, 3.8) is 0 Å². The van der Waals surface area contributed by atoms with Gasteiger partial charge in [0, 0.05) is 18.7 Å². The third-order valence-electron chi connectivity index (χ3n) is 3.89. The molecule has 5 nitrogen and oxygen atoms in total. The number of likely N-dealkylation sites (tertiary alicyclic amines) is 1. The molecule has 0 radical (unpaired) electrons. The largest absolute Gasteiger partial charge is 0.387 e. The van der Waals surface area contributed by atoms with Gasteiger partial charge in [-0.3, -0.25) is 4.90 Å². The number of hydrogen-bond acceptors (Lipinski definition) is 5. The summed E-state index contributed by atoms with van der Waals surface area (Å²) in [6.45, 7) is 6.11. The molecule has 1 saturated heterocycles. The van der Waals surface area contributed by atoms with Crippen LogP contribution in [0.3, 0.4) is 0 Å². The van der Waals surface area contributed by atoms with Gasteiger partial charge in [0.15, 0.2) is 0 Å². The number of aryl methyl sites for hydroxylation is 1. The van der Waals surface area contributed by atoms with Gasteiger partial charge in [-0.25, -0.2) is 0 Å². The molecule has 0 aliphatic carbocycles. The summed E-state index contributed by atoms with van der Waals surface area (Å²) >= 11 is 0. The minimum Gasteiger partial charge on any atom is -0.387 e. The van der Waals surface area contributed by atoms with Gasteiger partial charge in [0.25, 0.3) is 0 Å². The van der Waals surface area contributed by atoms with Crippen LogP contribution in [-0.4, -0.2) is 38.8 Å². The van der Waals surface area contributed by atoms with Crippen molar-refractivity contribution in [1.29, 1.82) is 0 Å². The van der Waals surface area contributed by atoms with Crippen molar-refractivity contribution in [2.24, 2.45) is 0 Å². The number of rotatable bonds is 5. The van der Waals surface area contributed by atoms with Gasteiger partial charge in [-0.05, 0) is 13.3 Å². The molecular formula is C16H21N3O2. The molecule has 21 heavy (non-hydrogen) atoms. The molecule has 2 aromatic rings. The van der Waals surface area contributed by atoms with Crippen molar-refractivity contribution in [3.8, 4) is 11.4 Å². The van der Waals surface area contributed by atoms with Crippen molar-refractivity contribution in [2.45, 2.75) is 38.8 Å². The van der Waals surface area contributed by atoms with E-state index < -0.39 is 5.60 Å².